The number of methoxy groups -OCH3 is 1. The molecule has 5 nitrogen and oxygen atoms in total. The SMILES string of the molecule is C=C(C)C(=O)Oc1ccc(OC(=O)C=Cc2ccc(OC)cc2)cc1. The summed E-state index contributed by atoms with van der Waals surface area (Å²) in [6, 6.07) is 13.4. The van der Waals surface area contributed by atoms with E-state index >= 15 is 0 Å². The van der Waals surface area contributed by atoms with Crippen molar-refractivity contribution in [1.29, 1.82) is 0 Å². The molecule has 0 spiro atoms. The normalized spacial score (nSPS) is 10.3. The van der Waals surface area contributed by atoms with Crippen molar-refractivity contribution in [2.75, 3.05) is 7.11 Å². The zero-order valence-corrected chi connectivity index (χ0v) is 14.0. The third kappa shape index (κ3) is 5.66. The molecule has 0 aliphatic carbocycles. The van der Waals surface area contributed by atoms with Crippen molar-refractivity contribution in [2.24, 2.45) is 0 Å². The second-order valence-corrected chi connectivity index (χ2v) is 5.17. The van der Waals surface area contributed by atoms with Crippen molar-refractivity contribution in [3.8, 4) is 17.2 Å². The average Bonchev–Trinajstić information content (AvgIpc) is 2.62. The van der Waals surface area contributed by atoms with Gasteiger partial charge in [-0.25, -0.2) is 9.59 Å². The van der Waals surface area contributed by atoms with Crippen molar-refractivity contribution in [2.45, 2.75) is 6.92 Å². The van der Waals surface area contributed by atoms with Gasteiger partial charge in [0.25, 0.3) is 0 Å². The zero-order chi connectivity index (χ0) is 18.2. The lowest BCUT2D eigenvalue weighted by Gasteiger charge is -2.05. The molecule has 0 radical (unpaired) electrons. The molecule has 0 bridgehead atoms. The van der Waals surface area contributed by atoms with E-state index in [0.29, 0.717) is 17.1 Å². The topological polar surface area (TPSA) is 61.8 Å². The first-order valence-corrected chi connectivity index (χ1v) is 7.49. The zero-order valence-electron chi connectivity index (χ0n) is 14.0. The minimum Gasteiger partial charge on any atom is -0.497 e. The lowest BCUT2D eigenvalue weighted by atomic mass is 10.2. The van der Waals surface area contributed by atoms with E-state index in [0.717, 1.165) is 11.3 Å². The molecule has 0 unspecified atom stereocenters. The second-order valence-electron chi connectivity index (χ2n) is 5.17. The van der Waals surface area contributed by atoms with Gasteiger partial charge in [-0.05, 0) is 55.0 Å². The maximum absolute atomic E-state index is 11.8. The molecule has 25 heavy (non-hydrogen) atoms. The van der Waals surface area contributed by atoms with E-state index in [4.69, 9.17) is 14.2 Å². The molecule has 0 saturated heterocycles. The Hall–Kier alpha value is -3.34. The molecule has 2 rings (SSSR count). The van der Waals surface area contributed by atoms with Crippen molar-refractivity contribution in [1.82, 2.24) is 0 Å². The van der Waals surface area contributed by atoms with Crippen LogP contribution in [0.3, 0.4) is 0 Å². The van der Waals surface area contributed by atoms with Crippen LogP contribution in [0, 0.1) is 0 Å². The van der Waals surface area contributed by atoms with Gasteiger partial charge in [-0.15, -0.1) is 0 Å². The average molecular weight is 338 g/mol. The number of hydrogen-bond acceptors (Lipinski definition) is 5. The monoisotopic (exact) mass is 338 g/mol. The van der Waals surface area contributed by atoms with Crippen LogP contribution in [-0.4, -0.2) is 19.0 Å². The van der Waals surface area contributed by atoms with Gasteiger partial charge in [0.15, 0.2) is 0 Å². The van der Waals surface area contributed by atoms with Gasteiger partial charge in [-0.3, -0.25) is 0 Å². The molecule has 0 saturated carbocycles. The molecule has 2 aromatic rings. The van der Waals surface area contributed by atoms with Gasteiger partial charge < -0.3 is 14.2 Å². The van der Waals surface area contributed by atoms with Gasteiger partial charge in [0.1, 0.15) is 17.2 Å². The molecule has 0 atom stereocenters. The Morgan fingerprint density at radius 3 is 1.92 bits per heavy atom. The molecule has 0 N–H and O–H groups in total. The van der Waals surface area contributed by atoms with E-state index in [1.807, 2.05) is 12.1 Å². The Bertz CT molecular complexity index is 786. The van der Waals surface area contributed by atoms with Crippen LogP contribution in [0.15, 0.2) is 66.8 Å². The highest BCUT2D eigenvalue weighted by molar-refractivity contribution is 5.89. The van der Waals surface area contributed by atoms with Gasteiger partial charge in [-0.1, -0.05) is 18.7 Å². The minimum absolute atomic E-state index is 0.305. The fourth-order valence-electron chi connectivity index (χ4n) is 1.80. The highest BCUT2D eigenvalue weighted by Crippen LogP contribution is 2.19. The number of carbonyl (C=O) groups excluding carboxylic acids is 2. The van der Waals surface area contributed by atoms with Gasteiger partial charge in [-0.2, -0.15) is 0 Å². The summed E-state index contributed by atoms with van der Waals surface area (Å²) in [6.45, 7) is 5.07. The molecule has 5 heteroatoms. The van der Waals surface area contributed by atoms with Crippen molar-refractivity contribution in [3.63, 3.8) is 0 Å². The van der Waals surface area contributed by atoms with Crippen LogP contribution in [0.4, 0.5) is 0 Å². The summed E-state index contributed by atoms with van der Waals surface area (Å²) < 4.78 is 15.3. The molecular weight excluding hydrogens is 320 g/mol. The summed E-state index contributed by atoms with van der Waals surface area (Å²) in [5, 5.41) is 0. The van der Waals surface area contributed by atoms with E-state index in [2.05, 4.69) is 6.58 Å². The number of carbonyl (C=O) groups is 2. The standard InChI is InChI=1S/C20H18O5/c1-14(2)20(22)25-18-11-9-17(10-12-18)24-19(21)13-6-15-4-7-16(23-3)8-5-15/h4-13H,1H2,2-3H3. The summed E-state index contributed by atoms with van der Waals surface area (Å²) in [6.07, 6.45) is 2.97. The third-order valence-electron chi connectivity index (χ3n) is 3.13. The van der Waals surface area contributed by atoms with E-state index in [1.54, 1.807) is 44.4 Å². The first-order valence-electron chi connectivity index (χ1n) is 7.49. The first-order chi connectivity index (χ1) is 12.0. The predicted octanol–water partition coefficient (Wildman–Crippen LogP) is 3.80. The number of esters is 2. The van der Waals surface area contributed by atoms with Crippen LogP contribution in [0.1, 0.15) is 12.5 Å². The van der Waals surface area contributed by atoms with E-state index < -0.39 is 11.9 Å². The van der Waals surface area contributed by atoms with Crippen LogP contribution < -0.4 is 14.2 Å². The van der Waals surface area contributed by atoms with Gasteiger partial charge in [0, 0.05) is 11.6 Å². The molecule has 2 aromatic carbocycles. The fourth-order valence-corrected chi connectivity index (χ4v) is 1.80. The van der Waals surface area contributed by atoms with Gasteiger partial charge in [0.05, 0.1) is 7.11 Å². The molecule has 0 aliphatic rings. The Balaban J connectivity index is 1.92. The molecule has 0 heterocycles. The van der Waals surface area contributed by atoms with Crippen molar-refractivity contribution >= 4 is 18.0 Å². The molecule has 0 aliphatic heterocycles. The van der Waals surface area contributed by atoms with Crippen molar-refractivity contribution < 1.29 is 23.8 Å². The molecule has 0 amide bonds. The van der Waals surface area contributed by atoms with Crippen LogP contribution in [0.2, 0.25) is 0 Å². The first kappa shape index (κ1) is 18.0. The predicted molar refractivity (Wildman–Crippen MR) is 94.6 cm³/mol. The molecule has 0 aromatic heterocycles. The smallest absolute Gasteiger partial charge is 0.338 e. The largest absolute Gasteiger partial charge is 0.497 e. The third-order valence-corrected chi connectivity index (χ3v) is 3.13. The summed E-state index contributed by atoms with van der Waals surface area (Å²) in [5.74, 6) is 0.419. The Kier molecular flexibility index (Phi) is 6.12. The van der Waals surface area contributed by atoms with Crippen molar-refractivity contribution in [3.05, 3.63) is 72.3 Å². The van der Waals surface area contributed by atoms with Gasteiger partial charge >= 0.3 is 11.9 Å². The highest BCUT2D eigenvalue weighted by atomic mass is 16.5. The summed E-state index contributed by atoms with van der Waals surface area (Å²) >= 11 is 0. The van der Waals surface area contributed by atoms with E-state index in [9.17, 15) is 9.59 Å². The second kappa shape index (κ2) is 8.49. The summed E-state index contributed by atoms with van der Waals surface area (Å²) in [4.78, 5) is 23.2. The van der Waals surface area contributed by atoms with Crippen LogP contribution in [0.25, 0.3) is 6.08 Å². The molecule has 128 valence electrons. The fraction of sp³-hybridized carbons (Fsp3) is 0.100. The summed E-state index contributed by atoms with van der Waals surface area (Å²) in [7, 11) is 1.59. The van der Waals surface area contributed by atoms with Crippen LogP contribution >= 0.6 is 0 Å². The van der Waals surface area contributed by atoms with Gasteiger partial charge in [0.2, 0.25) is 0 Å². The number of hydrogen-bond donors (Lipinski definition) is 0. The Labute approximate surface area is 146 Å². The number of rotatable bonds is 6. The maximum Gasteiger partial charge on any atom is 0.338 e. The number of benzene rings is 2. The quantitative estimate of drug-likeness (QED) is 0.455. The summed E-state index contributed by atoms with van der Waals surface area (Å²) in [5.41, 5.74) is 1.15. The molecular formula is C20H18O5. The number of ether oxygens (including phenoxy) is 3. The van der Waals surface area contributed by atoms with E-state index in [1.165, 1.54) is 18.2 Å². The molecule has 0 fully saturated rings. The Morgan fingerprint density at radius 2 is 1.40 bits per heavy atom. The lowest BCUT2D eigenvalue weighted by molar-refractivity contribution is -0.130. The minimum atomic E-state index is -0.512. The van der Waals surface area contributed by atoms with Crippen LogP contribution in [0.5, 0.6) is 17.2 Å². The van der Waals surface area contributed by atoms with E-state index in [-0.39, 0.29) is 0 Å². The lowest BCUT2D eigenvalue weighted by Crippen LogP contribution is -2.08. The highest BCUT2D eigenvalue weighted by Gasteiger charge is 2.06. The van der Waals surface area contributed by atoms with Crippen LogP contribution in [-0.2, 0) is 9.59 Å². The Morgan fingerprint density at radius 1 is 0.880 bits per heavy atom. The maximum atomic E-state index is 11.8.